The van der Waals surface area contributed by atoms with Crippen molar-refractivity contribution in [2.45, 2.75) is 26.3 Å². The molecule has 3 heteroatoms. The summed E-state index contributed by atoms with van der Waals surface area (Å²) >= 11 is 3.57. The molecular formula is C18H22BrNO. The lowest BCUT2D eigenvalue weighted by Crippen LogP contribution is -2.19. The molecule has 2 nitrogen and oxygen atoms in total. The van der Waals surface area contributed by atoms with E-state index in [1.807, 2.05) is 19.2 Å². The quantitative estimate of drug-likeness (QED) is 0.805. The fourth-order valence-electron chi connectivity index (χ4n) is 2.46. The molecule has 112 valence electrons. The number of halogens is 1. The molecule has 0 radical (unpaired) electrons. The van der Waals surface area contributed by atoms with Crippen molar-refractivity contribution in [3.63, 3.8) is 0 Å². The molecule has 2 aromatic carbocycles. The minimum atomic E-state index is 0.121. The Bertz CT molecular complexity index is 598. The van der Waals surface area contributed by atoms with Gasteiger partial charge in [0.25, 0.3) is 0 Å². The van der Waals surface area contributed by atoms with E-state index >= 15 is 0 Å². The highest BCUT2D eigenvalue weighted by molar-refractivity contribution is 9.10. The molecule has 0 amide bonds. The van der Waals surface area contributed by atoms with Gasteiger partial charge in [-0.2, -0.15) is 0 Å². The van der Waals surface area contributed by atoms with Crippen molar-refractivity contribution >= 4 is 15.9 Å². The Morgan fingerprint density at radius 2 is 1.90 bits per heavy atom. The van der Waals surface area contributed by atoms with Crippen molar-refractivity contribution in [2.75, 3.05) is 13.7 Å². The maximum Gasteiger partial charge on any atom is 0.124 e. The molecule has 1 unspecified atom stereocenters. The van der Waals surface area contributed by atoms with Crippen LogP contribution in [0.5, 0.6) is 5.75 Å². The van der Waals surface area contributed by atoms with Gasteiger partial charge in [0.05, 0.1) is 12.6 Å². The van der Waals surface area contributed by atoms with E-state index in [4.69, 9.17) is 4.74 Å². The normalized spacial score (nSPS) is 12.2. The molecule has 2 aromatic rings. The van der Waals surface area contributed by atoms with Gasteiger partial charge in [-0.3, -0.25) is 0 Å². The molecule has 2 rings (SSSR count). The summed E-state index contributed by atoms with van der Waals surface area (Å²) in [5, 5.41) is 3.42. The highest BCUT2D eigenvalue weighted by Crippen LogP contribution is 2.32. The molecule has 0 saturated carbocycles. The van der Waals surface area contributed by atoms with Crippen LogP contribution in [0.1, 0.15) is 36.1 Å². The molecule has 0 aliphatic heterocycles. The predicted octanol–water partition coefficient (Wildman–Crippen LogP) is 4.86. The Hall–Kier alpha value is -1.32. The van der Waals surface area contributed by atoms with E-state index in [1.54, 1.807) is 0 Å². The Morgan fingerprint density at radius 1 is 1.14 bits per heavy atom. The van der Waals surface area contributed by atoms with E-state index in [-0.39, 0.29) is 6.04 Å². The van der Waals surface area contributed by atoms with E-state index in [0.29, 0.717) is 0 Å². The number of hydrogen-bond acceptors (Lipinski definition) is 2. The van der Waals surface area contributed by atoms with Crippen LogP contribution < -0.4 is 10.1 Å². The first kappa shape index (κ1) is 16.1. The molecule has 0 saturated heterocycles. The Kier molecular flexibility index (Phi) is 5.83. The van der Waals surface area contributed by atoms with Gasteiger partial charge in [-0.15, -0.1) is 0 Å². The zero-order chi connectivity index (χ0) is 15.2. The van der Waals surface area contributed by atoms with Gasteiger partial charge in [-0.25, -0.2) is 0 Å². The van der Waals surface area contributed by atoms with Crippen LogP contribution in [0.25, 0.3) is 0 Å². The molecule has 0 aliphatic carbocycles. The number of hydrogen-bond donors (Lipinski definition) is 1. The number of nitrogens with one attached hydrogen (secondary N) is 1. The third-order valence-corrected chi connectivity index (χ3v) is 4.03. The van der Waals surface area contributed by atoms with Crippen LogP contribution >= 0.6 is 15.9 Å². The Balaban J connectivity index is 2.44. The van der Waals surface area contributed by atoms with Crippen LogP contribution in [0.15, 0.2) is 46.9 Å². The highest BCUT2D eigenvalue weighted by Gasteiger charge is 2.18. The number of rotatable bonds is 6. The minimum Gasteiger partial charge on any atom is -0.493 e. The topological polar surface area (TPSA) is 21.3 Å². The lowest BCUT2D eigenvalue weighted by Gasteiger charge is -2.22. The first-order valence-corrected chi connectivity index (χ1v) is 8.11. The molecule has 0 fully saturated rings. The monoisotopic (exact) mass is 347 g/mol. The van der Waals surface area contributed by atoms with E-state index in [0.717, 1.165) is 23.2 Å². The largest absolute Gasteiger partial charge is 0.493 e. The van der Waals surface area contributed by atoms with E-state index in [2.05, 4.69) is 65.4 Å². The number of benzene rings is 2. The Labute approximate surface area is 135 Å². The van der Waals surface area contributed by atoms with Crippen LogP contribution in [0.4, 0.5) is 0 Å². The van der Waals surface area contributed by atoms with Crippen LogP contribution in [0.2, 0.25) is 0 Å². The van der Waals surface area contributed by atoms with Gasteiger partial charge in [-0.1, -0.05) is 47.1 Å². The third kappa shape index (κ3) is 3.86. The van der Waals surface area contributed by atoms with Crippen molar-refractivity contribution in [1.29, 1.82) is 0 Å². The average molecular weight is 348 g/mol. The van der Waals surface area contributed by atoms with Crippen LogP contribution in [0.3, 0.4) is 0 Å². The predicted molar refractivity (Wildman–Crippen MR) is 92.0 cm³/mol. The summed E-state index contributed by atoms with van der Waals surface area (Å²) in [7, 11) is 1.99. The summed E-state index contributed by atoms with van der Waals surface area (Å²) in [6, 6.07) is 14.8. The summed E-state index contributed by atoms with van der Waals surface area (Å²) in [5.74, 6) is 0.957. The van der Waals surface area contributed by atoms with Crippen LogP contribution in [0, 0.1) is 6.92 Å². The molecule has 0 spiro atoms. The van der Waals surface area contributed by atoms with Gasteiger partial charge >= 0.3 is 0 Å². The SMILES string of the molecule is CCCOc1ccccc1C(NC)c1cc(Br)ccc1C. The first-order valence-electron chi connectivity index (χ1n) is 7.32. The van der Waals surface area contributed by atoms with E-state index in [1.165, 1.54) is 16.7 Å². The Morgan fingerprint density at radius 3 is 2.62 bits per heavy atom. The van der Waals surface area contributed by atoms with Crippen molar-refractivity contribution < 1.29 is 4.74 Å². The fraction of sp³-hybridized carbons (Fsp3) is 0.333. The number of para-hydroxylation sites is 1. The summed E-state index contributed by atoms with van der Waals surface area (Å²) < 4.78 is 7.00. The third-order valence-electron chi connectivity index (χ3n) is 3.53. The average Bonchev–Trinajstić information content (AvgIpc) is 2.50. The maximum atomic E-state index is 5.91. The molecule has 21 heavy (non-hydrogen) atoms. The van der Waals surface area contributed by atoms with Crippen molar-refractivity contribution in [3.05, 3.63) is 63.6 Å². The standard InChI is InChI=1S/C18H22BrNO/c1-4-11-21-17-8-6-5-7-15(17)18(20-3)16-12-14(19)10-9-13(16)2/h5-10,12,18,20H,4,11H2,1-3H3. The van der Waals surface area contributed by atoms with Crippen molar-refractivity contribution in [1.82, 2.24) is 5.32 Å². The summed E-state index contributed by atoms with van der Waals surface area (Å²) in [6.45, 7) is 5.00. The molecule has 1 N–H and O–H groups in total. The van der Waals surface area contributed by atoms with Gasteiger partial charge in [0.2, 0.25) is 0 Å². The van der Waals surface area contributed by atoms with Crippen LogP contribution in [-0.2, 0) is 0 Å². The molecule has 0 aliphatic rings. The zero-order valence-corrected chi connectivity index (χ0v) is 14.4. The van der Waals surface area contributed by atoms with Gasteiger partial charge in [0.1, 0.15) is 5.75 Å². The summed E-state index contributed by atoms with van der Waals surface area (Å²) in [4.78, 5) is 0. The minimum absolute atomic E-state index is 0.121. The van der Waals surface area contributed by atoms with Gasteiger partial charge in [0.15, 0.2) is 0 Å². The van der Waals surface area contributed by atoms with Crippen molar-refractivity contribution in [3.8, 4) is 5.75 Å². The van der Waals surface area contributed by atoms with Gasteiger partial charge < -0.3 is 10.1 Å². The summed E-state index contributed by atoms with van der Waals surface area (Å²) in [5.41, 5.74) is 3.71. The fourth-order valence-corrected chi connectivity index (χ4v) is 2.84. The smallest absolute Gasteiger partial charge is 0.124 e. The lowest BCUT2D eigenvalue weighted by molar-refractivity contribution is 0.312. The second kappa shape index (κ2) is 7.62. The summed E-state index contributed by atoms with van der Waals surface area (Å²) in [6.07, 6.45) is 1.01. The lowest BCUT2D eigenvalue weighted by atomic mass is 9.94. The molecule has 0 bridgehead atoms. The van der Waals surface area contributed by atoms with Gasteiger partial charge in [0, 0.05) is 10.0 Å². The zero-order valence-electron chi connectivity index (χ0n) is 12.8. The number of aryl methyl sites for hydroxylation is 1. The van der Waals surface area contributed by atoms with Crippen molar-refractivity contribution in [2.24, 2.45) is 0 Å². The van der Waals surface area contributed by atoms with Gasteiger partial charge in [-0.05, 0) is 49.7 Å². The second-order valence-electron chi connectivity index (χ2n) is 5.11. The van der Waals surface area contributed by atoms with E-state index < -0.39 is 0 Å². The highest BCUT2D eigenvalue weighted by atomic mass is 79.9. The molecule has 0 aromatic heterocycles. The molecular weight excluding hydrogens is 326 g/mol. The number of ether oxygens (including phenoxy) is 1. The molecule has 0 heterocycles. The van der Waals surface area contributed by atoms with Crippen LogP contribution in [-0.4, -0.2) is 13.7 Å². The maximum absolute atomic E-state index is 5.91. The first-order chi connectivity index (χ1) is 10.2. The van der Waals surface area contributed by atoms with E-state index in [9.17, 15) is 0 Å². The molecule has 1 atom stereocenters. The second-order valence-corrected chi connectivity index (χ2v) is 6.02.